The lowest BCUT2D eigenvalue weighted by atomic mass is 10.0. The van der Waals surface area contributed by atoms with Gasteiger partial charge in [-0.25, -0.2) is 4.39 Å². The van der Waals surface area contributed by atoms with Crippen LogP contribution in [0.25, 0.3) is 0 Å². The number of nitrogens with two attached hydrogens (primary N) is 1. The summed E-state index contributed by atoms with van der Waals surface area (Å²) in [5.74, 6) is -1.06. The van der Waals surface area contributed by atoms with Crippen LogP contribution in [0.4, 0.5) is 4.39 Å². The molecule has 0 saturated carbocycles. The molecule has 1 rings (SSSR count). The van der Waals surface area contributed by atoms with Gasteiger partial charge in [0.25, 0.3) is 0 Å². The lowest BCUT2D eigenvalue weighted by molar-refractivity contribution is 0.420. The van der Waals surface area contributed by atoms with Crippen molar-refractivity contribution in [2.24, 2.45) is 5.73 Å². The molecule has 0 radical (unpaired) electrons. The summed E-state index contributed by atoms with van der Waals surface area (Å²) in [6.45, 7) is 3.54. The van der Waals surface area contributed by atoms with E-state index in [1.54, 1.807) is 6.08 Å². The van der Waals surface area contributed by atoms with E-state index in [9.17, 15) is 9.50 Å². The predicted octanol–water partition coefficient (Wildman–Crippen LogP) is 2.87. The molecule has 0 aromatic heterocycles. The van der Waals surface area contributed by atoms with Gasteiger partial charge in [0, 0.05) is 16.1 Å². The number of aromatic hydroxyl groups is 1. The summed E-state index contributed by atoms with van der Waals surface area (Å²) >= 11 is 3.21. The minimum absolute atomic E-state index is 0.380. The van der Waals surface area contributed by atoms with Gasteiger partial charge in [-0.2, -0.15) is 0 Å². The fourth-order valence-corrected chi connectivity index (χ4v) is 1.82. The number of halogens is 2. The zero-order valence-electron chi connectivity index (χ0n) is 7.50. The molecule has 0 heterocycles. The summed E-state index contributed by atoms with van der Waals surface area (Å²) in [5.41, 5.74) is 6.13. The Morgan fingerprint density at radius 1 is 1.64 bits per heavy atom. The van der Waals surface area contributed by atoms with Crippen molar-refractivity contribution in [3.05, 3.63) is 40.6 Å². The molecule has 2 nitrogen and oxygen atoms in total. The Morgan fingerprint density at radius 3 is 2.86 bits per heavy atom. The van der Waals surface area contributed by atoms with Crippen LogP contribution < -0.4 is 5.73 Å². The molecule has 4 heteroatoms. The van der Waals surface area contributed by atoms with Gasteiger partial charge in [0.15, 0.2) is 11.6 Å². The Hall–Kier alpha value is -0.870. The van der Waals surface area contributed by atoms with Crippen LogP contribution >= 0.6 is 15.9 Å². The van der Waals surface area contributed by atoms with Crippen molar-refractivity contribution < 1.29 is 9.50 Å². The standard InChI is InChI=1S/C10H11BrFNO/c1-2-3-8(13)9-6(11)4-5-7(12)10(9)14/h2,4-5,8,14H,1,3,13H2/t8-/m0/s1. The van der Waals surface area contributed by atoms with Crippen LogP contribution in [0, 0.1) is 5.82 Å². The van der Waals surface area contributed by atoms with Crippen LogP contribution in [0.5, 0.6) is 5.75 Å². The van der Waals surface area contributed by atoms with E-state index in [-0.39, 0.29) is 0 Å². The zero-order valence-corrected chi connectivity index (χ0v) is 9.09. The highest BCUT2D eigenvalue weighted by Gasteiger charge is 2.16. The molecule has 0 aliphatic carbocycles. The number of phenolic OH excluding ortho intramolecular Hbond substituents is 1. The molecule has 1 aromatic carbocycles. The maximum atomic E-state index is 13.0. The maximum Gasteiger partial charge on any atom is 0.165 e. The van der Waals surface area contributed by atoms with E-state index in [2.05, 4.69) is 22.5 Å². The molecule has 76 valence electrons. The van der Waals surface area contributed by atoms with Gasteiger partial charge >= 0.3 is 0 Å². The van der Waals surface area contributed by atoms with Crippen LogP contribution in [-0.4, -0.2) is 5.11 Å². The van der Waals surface area contributed by atoms with Gasteiger partial charge in [-0.1, -0.05) is 22.0 Å². The van der Waals surface area contributed by atoms with Crippen LogP contribution in [0.2, 0.25) is 0 Å². The number of benzene rings is 1. The lowest BCUT2D eigenvalue weighted by Gasteiger charge is -2.13. The maximum absolute atomic E-state index is 13.0. The Bertz CT molecular complexity index is 354. The second-order valence-corrected chi connectivity index (χ2v) is 3.78. The third-order valence-electron chi connectivity index (χ3n) is 1.91. The number of hydrogen-bond acceptors (Lipinski definition) is 2. The van der Waals surface area contributed by atoms with E-state index in [0.717, 1.165) is 0 Å². The molecule has 0 aliphatic heterocycles. The summed E-state index contributed by atoms with van der Waals surface area (Å²) in [5, 5.41) is 9.46. The SMILES string of the molecule is C=CC[C@H](N)c1c(Br)ccc(F)c1O. The fraction of sp³-hybridized carbons (Fsp3) is 0.200. The van der Waals surface area contributed by atoms with Gasteiger partial charge in [-0.3, -0.25) is 0 Å². The molecule has 0 spiro atoms. The first-order valence-electron chi connectivity index (χ1n) is 4.11. The fourth-order valence-electron chi connectivity index (χ4n) is 1.21. The monoisotopic (exact) mass is 259 g/mol. The summed E-state index contributed by atoms with van der Waals surface area (Å²) in [6, 6.07) is 2.26. The third-order valence-corrected chi connectivity index (χ3v) is 2.60. The van der Waals surface area contributed by atoms with E-state index in [4.69, 9.17) is 5.73 Å². The average Bonchev–Trinajstić information content (AvgIpc) is 2.13. The molecule has 1 aromatic rings. The number of hydrogen-bond donors (Lipinski definition) is 2. The third kappa shape index (κ3) is 2.13. The van der Waals surface area contributed by atoms with E-state index >= 15 is 0 Å². The quantitative estimate of drug-likeness (QED) is 0.821. The molecular weight excluding hydrogens is 249 g/mol. The molecule has 0 saturated heterocycles. The molecule has 0 bridgehead atoms. The van der Waals surface area contributed by atoms with Crippen molar-refractivity contribution in [1.29, 1.82) is 0 Å². The smallest absolute Gasteiger partial charge is 0.165 e. The summed E-state index contributed by atoms with van der Waals surface area (Å²) in [4.78, 5) is 0. The molecule has 0 amide bonds. The van der Waals surface area contributed by atoms with Crippen molar-refractivity contribution in [2.75, 3.05) is 0 Å². The van der Waals surface area contributed by atoms with E-state index in [1.165, 1.54) is 12.1 Å². The van der Waals surface area contributed by atoms with Gasteiger partial charge in [0.1, 0.15) is 0 Å². The minimum atomic E-state index is -0.664. The van der Waals surface area contributed by atoms with E-state index < -0.39 is 17.6 Å². The zero-order chi connectivity index (χ0) is 10.7. The van der Waals surface area contributed by atoms with Gasteiger partial charge in [-0.05, 0) is 18.6 Å². The van der Waals surface area contributed by atoms with Crippen molar-refractivity contribution >= 4 is 15.9 Å². The molecule has 14 heavy (non-hydrogen) atoms. The summed E-state index contributed by atoms with van der Waals surface area (Å²) < 4.78 is 13.6. The highest BCUT2D eigenvalue weighted by atomic mass is 79.9. The van der Waals surface area contributed by atoms with E-state index in [1.807, 2.05) is 0 Å². The first-order chi connectivity index (χ1) is 6.57. The molecular formula is C10H11BrFNO. The first kappa shape index (κ1) is 11.2. The van der Waals surface area contributed by atoms with Crippen LogP contribution in [0.1, 0.15) is 18.0 Å². The van der Waals surface area contributed by atoms with Gasteiger partial charge < -0.3 is 10.8 Å². The molecule has 0 fully saturated rings. The second kappa shape index (κ2) is 4.57. The summed E-state index contributed by atoms with van der Waals surface area (Å²) in [7, 11) is 0. The minimum Gasteiger partial charge on any atom is -0.505 e. The van der Waals surface area contributed by atoms with Gasteiger partial charge in [-0.15, -0.1) is 6.58 Å². The molecule has 3 N–H and O–H groups in total. The normalized spacial score (nSPS) is 12.5. The molecule has 1 atom stereocenters. The predicted molar refractivity (Wildman–Crippen MR) is 57.5 cm³/mol. The number of rotatable bonds is 3. The van der Waals surface area contributed by atoms with Crippen LogP contribution in [0.15, 0.2) is 29.3 Å². The topological polar surface area (TPSA) is 46.2 Å². The van der Waals surface area contributed by atoms with Crippen LogP contribution in [-0.2, 0) is 0 Å². The van der Waals surface area contributed by atoms with Crippen LogP contribution in [0.3, 0.4) is 0 Å². The van der Waals surface area contributed by atoms with Crippen molar-refractivity contribution in [3.63, 3.8) is 0 Å². The van der Waals surface area contributed by atoms with E-state index in [0.29, 0.717) is 16.5 Å². The highest BCUT2D eigenvalue weighted by Crippen LogP contribution is 2.34. The highest BCUT2D eigenvalue weighted by molar-refractivity contribution is 9.10. The van der Waals surface area contributed by atoms with Crippen molar-refractivity contribution in [3.8, 4) is 5.75 Å². The Morgan fingerprint density at radius 2 is 2.29 bits per heavy atom. The Labute approximate surface area is 90.4 Å². The average molecular weight is 260 g/mol. The molecule has 0 aliphatic rings. The Balaban J connectivity index is 3.17. The summed E-state index contributed by atoms with van der Waals surface area (Å²) in [6.07, 6.45) is 2.11. The molecule has 0 unspecified atom stereocenters. The van der Waals surface area contributed by atoms with Crippen molar-refractivity contribution in [2.45, 2.75) is 12.5 Å². The van der Waals surface area contributed by atoms with Gasteiger partial charge in [0.05, 0.1) is 0 Å². The number of phenols is 1. The van der Waals surface area contributed by atoms with Gasteiger partial charge in [0.2, 0.25) is 0 Å². The first-order valence-corrected chi connectivity index (χ1v) is 4.90. The lowest BCUT2D eigenvalue weighted by Crippen LogP contribution is -2.10. The van der Waals surface area contributed by atoms with Crippen molar-refractivity contribution in [1.82, 2.24) is 0 Å². The Kier molecular flexibility index (Phi) is 3.66. The largest absolute Gasteiger partial charge is 0.505 e. The second-order valence-electron chi connectivity index (χ2n) is 2.92.